The van der Waals surface area contributed by atoms with Crippen molar-refractivity contribution in [2.75, 3.05) is 13.1 Å². The maximum atomic E-state index is 13.4. The fourth-order valence-corrected chi connectivity index (χ4v) is 6.12. The standard InChI is InChI=1S/C23H30FN3O3/c1-5-23(15-6-8-16(24)9-7-15)19(29)26(20(30)25-23)12-18(28)27-14-22(4)11-17(27)10-21(2,3)13-22/h6-9,17H,5,10-14H2,1-4H3,(H,25,30)/t17-,22-,23-/m0/s1. The van der Waals surface area contributed by atoms with Crippen LogP contribution >= 0.6 is 0 Å². The molecule has 1 N–H and O–H groups in total. The predicted molar refractivity (Wildman–Crippen MR) is 110 cm³/mol. The summed E-state index contributed by atoms with van der Waals surface area (Å²) < 4.78 is 13.4. The molecule has 1 saturated carbocycles. The number of urea groups is 1. The van der Waals surface area contributed by atoms with Gasteiger partial charge >= 0.3 is 6.03 Å². The van der Waals surface area contributed by atoms with Gasteiger partial charge in [0.05, 0.1) is 0 Å². The Bertz CT molecular complexity index is 899. The van der Waals surface area contributed by atoms with Crippen molar-refractivity contribution < 1.29 is 18.8 Å². The maximum absolute atomic E-state index is 13.4. The molecule has 1 aromatic rings. The highest BCUT2D eigenvalue weighted by Crippen LogP contribution is 2.52. The zero-order valence-electron chi connectivity index (χ0n) is 18.1. The van der Waals surface area contributed by atoms with E-state index in [1.165, 1.54) is 24.3 Å². The summed E-state index contributed by atoms with van der Waals surface area (Å²) in [5, 5.41) is 2.76. The Morgan fingerprint density at radius 2 is 1.83 bits per heavy atom. The molecule has 6 nitrogen and oxygen atoms in total. The molecule has 0 spiro atoms. The SMILES string of the molecule is CC[C@@]1(c2ccc(F)cc2)NC(=O)N(CC(=O)N2C[C@@]3(C)C[C@@H]2CC(C)(C)C3)C1=O. The molecule has 0 aromatic heterocycles. The summed E-state index contributed by atoms with van der Waals surface area (Å²) in [6.07, 6.45) is 3.28. The molecule has 2 heterocycles. The van der Waals surface area contributed by atoms with E-state index in [4.69, 9.17) is 0 Å². The highest BCUT2D eigenvalue weighted by Gasteiger charge is 2.54. The van der Waals surface area contributed by atoms with E-state index in [2.05, 4.69) is 26.1 Å². The van der Waals surface area contributed by atoms with Gasteiger partial charge in [-0.3, -0.25) is 14.5 Å². The van der Waals surface area contributed by atoms with E-state index in [1.54, 1.807) is 6.92 Å². The van der Waals surface area contributed by atoms with Crippen LogP contribution in [-0.4, -0.2) is 46.8 Å². The molecule has 3 aliphatic rings. The molecule has 1 aliphatic carbocycles. The first-order chi connectivity index (χ1) is 14.0. The first-order valence-corrected chi connectivity index (χ1v) is 10.7. The third kappa shape index (κ3) is 3.28. The summed E-state index contributed by atoms with van der Waals surface area (Å²) in [6, 6.07) is 5.14. The zero-order valence-corrected chi connectivity index (χ0v) is 18.1. The lowest BCUT2D eigenvalue weighted by Crippen LogP contribution is -2.46. The minimum Gasteiger partial charge on any atom is -0.338 e. The molecule has 1 aromatic carbocycles. The number of nitrogens with one attached hydrogen (secondary N) is 1. The van der Waals surface area contributed by atoms with Crippen molar-refractivity contribution in [3.63, 3.8) is 0 Å². The van der Waals surface area contributed by atoms with Crippen LogP contribution in [0.25, 0.3) is 0 Å². The largest absolute Gasteiger partial charge is 0.338 e. The van der Waals surface area contributed by atoms with Gasteiger partial charge in [-0.15, -0.1) is 0 Å². The molecule has 30 heavy (non-hydrogen) atoms. The second-order valence-electron chi connectivity index (χ2n) is 10.3. The van der Waals surface area contributed by atoms with E-state index in [0.717, 1.165) is 24.2 Å². The van der Waals surface area contributed by atoms with E-state index >= 15 is 0 Å². The molecule has 4 rings (SSSR count). The lowest BCUT2D eigenvalue weighted by atomic mass is 9.65. The number of hydrogen-bond donors (Lipinski definition) is 1. The number of halogens is 1. The molecular weight excluding hydrogens is 385 g/mol. The van der Waals surface area contributed by atoms with Gasteiger partial charge in [-0.25, -0.2) is 9.18 Å². The number of rotatable bonds is 4. The van der Waals surface area contributed by atoms with Gasteiger partial charge in [0.25, 0.3) is 5.91 Å². The van der Waals surface area contributed by atoms with Gasteiger partial charge in [0.1, 0.15) is 17.9 Å². The summed E-state index contributed by atoms with van der Waals surface area (Å²) >= 11 is 0. The minimum atomic E-state index is -1.26. The van der Waals surface area contributed by atoms with E-state index in [-0.39, 0.29) is 29.3 Å². The Kier molecular flexibility index (Phi) is 4.71. The van der Waals surface area contributed by atoms with Gasteiger partial charge in [0, 0.05) is 12.6 Å². The fraction of sp³-hybridized carbons (Fsp3) is 0.609. The number of imide groups is 1. The molecule has 3 fully saturated rings. The molecule has 7 heteroatoms. The second kappa shape index (κ2) is 6.79. The highest BCUT2D eigenvalue weighted by molar-refractivity contribution is 6.09. The Hall–Kier alpha value is -2.44. The van der Waals surface area contributed by atoms with E-state index in [0.29, 0.717) is 18.5 Å². The van der Waals surface area contributed by atoms with Gasteiger partial charge in [0.15, 0.2) is 0 Å². The first kappa shape index (κ1) is 20.8. The first-order valence-electron chi connectivity index (χ1n) is 10.7. The van der Waals surface area contributed by atoms with Crippen LogP contribution in [-0.2, 0) is 15.1 Å². The number of likely N-dealkylation sites (tertiary alicyclic amines) is 1. The topological polar surface area (TPSA) is 69.7 Å². The fourth-order valence-electron chi connectivity index (χ4n) is 6.12. The smallest absolute Gasteiger partial charge is 0.325 e. The summed E-state index contributed by atoms with van der Waals surface area (Å²) in [6.45, 7) is 8.89. The van der Waals surface area contributed by atoms with Crippen molar-refractivity contribution in [2.45, 2.75) is 65.0 Å². The summed E-state index contributed by atoms with van der Waals surface area (Å²) in [4.78, 5) is 42.0. The molecular formula is C23H30FN3O3. The average molecular weight is 416 g/mol. The Balaban J connectivity index is 1.54. The second-order valence-corrected chi connectivity index (χ2v) is 10.3. The van der Waals surface area contributed by atoms with Crippen molar-refractivity contribution in [1.82, 2.24) is 15.1 Å². The molecule has 162 valence electrons. The van der Waals surface area contributed by atoms with Crippen molar-refractivity contribution in [1.29, 1.82) is 0 Å². The van der Waals surface area contributed by atoms with E-state index in [9.17, 15) is 18.8 Å². The number of nitrogens with zero attached hydrogens (tertiary/aromatic N) is 2. The molecule has 2 saturated heterocycles. The van der Waals surface area contributed by atoms with Crippen molar-refractivity contribution in [3.05, 3.63) is 35.6 Å². The van der Waals surface area contributed by atoms with Gasteiger partial charge in [-0.2, -0.15) is 0 Å². The Labute approximate surface area is 176 Å². The van der Waals surface area contributed by atoms with Gasteiger partial charge in [-0.05, 0) is 54.2 Å². The summed E-state index contributed by atoms with van der Waals surface area (Å²) in [5.74, 6) is -1.05. The number of carbonyl (C=O) groups is 3. The maximum Gasteiger partial charge on any atom is 0.325 e. The summed E-state index contributed by atoms with van der Waals surface area (Å²) in [7, 11) is 0. The molecule has 2 bridgehead atoms. The molecule has 4 amide bonds. The number of hydrogen-bond acceptors (Lipinski definition) is 3. The summed E-state index contributed by atoms with van der Waals surface area (Å²) in [5.41, 5.74) is -0.486. The van der Waals surface area contributed by atoms with Crippen molar-refractivity contribution in [2.24, 2.45) is 10.8 Å². The molecule has 3 atom stereocenters. The van der Waals surface area contributed by atoms with Crippen LogP contribution in [0, 0.1) is 16.6 Å². The van der Waals surface area contributed by atoms with E-state index < -0.39 is 23.3 Å². The van der Waals surface area contributed by atoms with Crippen molar-refractivity contribution in [3.8, 4) is 0 Å². The third-order valence-corrected chi connectivity index (χ3v) is 7.07. The van der Waals surface area contributed by atoms with Crippen LogP contribution in [0.3, 0.4) is 0 Å². The van der Waals surface area contributed by atoms with Crippen molar-refractivity contribution >= 4 is 17.8 Å². The number of benzene rings is 1. The lowest BCUT2D eigenvalue weighted by Gasteiger charge is -2.39. The third-order valence-electron chi connectivity index (χ3n) is 7.07. The molecule has 2 aliphatic heterocycles. The van der Waals surface area contributed by atoms with E-state index in [1.807, 2.05) is 4.90 Å². The minimum absolute atomic E-state index is 0.0840. The predicted octanol–water partition coefficient (Wildman–Crippen LogP) is 3.41. The van der Waals surface area contributed by atoms with Gasteiger partial charge < -0.3 is 10.2 Å². The average Bonchev–Trinajstić information content (AvgIpc) is 3.06. The highest BCUT2D eigenvalue weighted by atomic mass is 19.1. The van der Waals surface area contributed by atoms with Crippen LogP contribution in [0.15, 0.2) is 24.3 Å². The van der Waals surface area contributed by atoms with Crippen LogP contribution in [0.5, 0.6) is 0 Å². The lowest BCUT2D eigenvalue weighted by molar-refractivity contribution is -0.140. The van der Waals surface area contributed by atoms with Crippen LogP contribution in [0.1, 0.15) is 58.9 Å². The zero-order chi connectivity index (χ0) is 21.9. The quantitative estimate of drug-likeness (QED) is 0.766. The van der Waals surface area contributed by atoms with Crippen LogP contribution < -0.4 is 5.32 Å². The Morgan fingerprint density at radius 1 is 1.17 bits per heavy atom. The van der Waals surface area contributed by atoms with Gasteiger partial charge in [-0.1, -0.05) is 39.8 Å². The van der Waals surface area contributed by atoms with Crippen LogP contribution in [0.4, 0.5) is 9.18 Å². The number of carbonyl (C=O) groups excluding carboxylic acids is 3. The number of fused-ring (bicyclic) bond motifs is 2. The molecule has 0 radical (unpaired) electrons. The normalized spacial score (nSPS) is 32.5. The van der Waals surface area contributed by atoms with Crippen LogP contribution in [0.2, 0.25) is 0 Å². The number of amides is 4. The Morgan fingerprint density at radius 3 is 2.47 bits per heavy atom. The monoisotopic (exact) mass is 415 g/mol. The molecule has 0 unspecified atom stereocenters. The van der Waals surface area contributed by atoms with Gasteiger partial charge in [0.2, 0.25) is 5.91 Å².